The number of halogens is 2. The lowest BCUT2D eigenvalue weighted by atomic mass is 10.2. The van der Waals surface area contributed by atoms with Gasteiger partial charge in [-0.25, -0.2) is 4.98 Å². The van der Waals surface area contributed by atoms with Crippen LogP contribution in [0.25, 0.3) is 0 Å². The van der Waals surface area contributed by atoms with Crippen LogP contribution in [0.1, 0.15) is 11.1 Å². The zero-order valence-corrected chi connectivity index (χ0v) is 16.4. The van der Waals surface area contributed by atoms with Crippen molar-refractivity contribution in [3.05, 3.63) is 47.0 Å². The summed E-state index contributed by atoms with van der Waals surface area (Å²) in [5.41, 5.74) is 2.30. The second-order valence-electron chi connectivity index (χ2n) is 4.95. The second-order valence-corrected chi connectivity index (χ2v) is 5.33. The Bertz CT molecular complexity index is 611. The van der Waals surface area contributed by atoms with Crippen LogP contribution >= 0.6 is 35.6 Å². The smallest absolute Gasteiger partial charge is 0.191 e. The summed E-state index contributed by atoms with van der Waals surface area (Å²) in [5.74, 6) is 0.783. The summed E-state index contributed by atoms with van der Waals surface area (Å²) in [4.78, 5) is 8.26. The van der Waals surface area contributed by atoms with E-state index in [1.165, 1.54) is 5.56 Å². The van der Waals surface area contributed by atoms with E-state index >= 15 is 0 Å². The molecule has 0 aliphatic rings. The van der Waals surface area contributed by atoms with Gasteiger partial charge in [-0.15, -0.1) is 24.0 Å². The predicted octanol–water partition coefficient (Wildman–Crippen LogP) is 2.27. The highest BCUT2D eigenvalue weighted by atomic mass is 127. The molecule has 2 rings (SSSR count). The van der Waals surface area contributed by atoms with Gasteiger partial charge in [0.1, 0.15) is 5.15 Å². The fourth-order valence-corrected chi connectivity index (χ4v) is 2.09. The standard InChI is InChI=1S/C15H21ClN6.HI/c1-12-9-21-22(11-12)8-7-19-15(17-2)18-6-5-13-3-4-14(16)20-10-13;/h3-4,9-11H,5-8H2,1-2H3,(H2,17,18,19);1H. The number of pyridine rings is 1. The molecule has 0 fully saturated rings. The van der Waals surface area contributed by atoms with Crippen LogP contribution in [0, 0.1) is 6.92 Å². The minimum absolute atomic E-state index is 0. The van der Waals surface area contributed by atoms with Crippen molar-refractivity contribution in [2.45, 2.75) is 19.9 Å². The van der Waals surface area contributed by atoms with Gasteiger partial charge in [-0.1, -0.05) is 17.7 Å². The van der Waals surface area contributed by atoms with E-state index in [0.717, 1.165) is 37.6 Å². The van der Waals surface area contributed by atoms with Gasteiger partial charge in [-0.05, 0) is 30.5 Å². The normalized spacial score (nSPS) is 11.0. The molecule has 0 spiro atoms. The van der Waals surface area contributed by atoms with Gasteiger partial charge >= 0.3 is 0 Å². The third-order valence-electron chi connectivity index (χ3n) is 3.11. The van der Waals surface area contributed by atoms with Gasteiger partial charge in [0, 0.05) is 32.5 Å². The van der Waals surface area contributed by atoms with Crippen molar-refractivity contribution >= 4 is 41.5 Å². The molecule has 2 aromatic rings. The summed E-state index contributed by atoms with van der Waals surface area (Å²) in [6.07, 6.45) is 6.53. The average molecular weight is 449 g/mol. The van der Waals surface area contributed by atoms with Crippen molar-refractivity contribution in [1.29, 1.82) is 0 Å². The highest BCUT2D eigenvalue weighted by molar-refractivity contribution is 14.0. The molecule has 8 heteroatoms. The molecule has 0 radical (unpaired) electrons. The molecule has 0 bridgehead atoms. The van der Waals surface area contributed by atoms with Crippen LogP contribution in [0.3, 0.4) is 0 Å². The van der Waals surface area contributed by atoms with Crippen LogP contribution in [-0.2, 0) is 13.0 Å². The van der Waals surface area contributed by atoms with Crippen molar-refractivity contribution in [2.75, 3.05) is 20.1 Å². The van der Waals surface area contributed by atoms with E-state index in [-0.39, 0.29) is 24.0 Å². The SMILES string of the molecule is CN=C(NCCc1ccc(Cl)nc1)NCCn1cc(C)cn1.I. The van der Waals surface area contributed by atoms with Crippen LogP contribution in [0.2, 0.25) is 5.15 Å². The van der Waals surface area contributed by atoms with E-state index in [1.54, 1.807) is 19.3 Å². The Morgan fingerprint density at radius 1 is 1.26 bits per heavy atom. The number of nitrogens with one attached hydrogen (secondary N) is 2. The van der Waals surface area contributed by atoms with E-state index in [4.69, 9.17) is 11.6 Å². The van der Waals surface area contributed by atoms with Crippen LogP contribution < -0.4 is 10.6 Å². The molecule has 2 N–H and O–H groups in total. The van der Waals surface area contributed by atoms with E-state index in [9.17, 15) is 0 Å². The van der Waals surface area contributed by atoms with Crippen LogP contribution in [0.15, 0.2) is 35.7 Å². The van der Waals surface area contributed by atoms with Gasteiger partial charge in [0.25, 0.3) is 0 Å². The molecular weight excluding hydrogens is 427 g/mol. The van der Waals surface area contributed by atoms with Gasteiger partial charge in [-0.2, -0.15) is 5.10 Å². The molecule has 6 nitrogen and oxygen atoms in total. The molecular formula is C15H22ClIN6. The minimum atomic E-state index is 0. The first-order valence-corrected chi connectivity index (χ1v) is 7.59. The van der Waals surface area contributed by atoms with Gasteiger partial charge in [0.05, 0.1) is 12.7 Å². The number of aryl methyl sites for hydroxylation is 1. The van der Waals surface area contributed by atoms with Crippen molar-refractivity contribution in [2.24, 2.45) is 4.99 Å². The molecule has 0 amide bonds. The first-order chi connectivity index (χ1) is 10.7. The monoisotopic (exact) mass is 448 g/mol. The number of hydrogen-bond acceptors (Lipinski definition) is 3. The molecule has 0 aliphatic carbocycles. The minimum Gasteiger partial charge on any atom is -0.356 e. The van der Waals surface area contributed by atoms with E-state index < -0.39 is 0 Å². The molecule has 0 saturated heterocycles. The summed E-state index contributed by atoms with van der Waals surface area (Å²) in [6.45, 7) is 4.38. The van der Waals surface area contributed by atoms with Crippen LogP contribution in [0.5, 0.6) is 0 Å². The summed E-state index contributed by atoms with van der Waals surface area (Å²) >= 11 is 5.76. The first kappa shape index (κ1) is 19.7. The summed E-state index contributed by atoms with van der Waals surface area (Å²) in [7, 11) is 1.76. The zero-order valence-electron chi connectivity index (χ0n) is 13.3. The predicted molar refractivity (Wildman–Crippen MR) is 105 cm³/mol. The number of guanidine groups is 1. The zero-order chi connectivity index (χ0) is 15.8. The third-order valence-corrected chi connectivity index (χ3v) is 3.34. The first-order valence-electron chi connectivity index (χ1n) is 7.21. The molecule has 0 aromatic carbocycles. The molecule has 2 heterocycles. The van der Waals surface area contributed by atoms with Gasteiger partial charge in [-0.3, -0.25) is 9.67 Å². The summed E-state index contributed by atoms with van der Waals surface area (Å²) < 4.78 is 1.91. The Morgan fingerprint density at radius 3 is 2.65 bits per heavy atom. The molecule has 23 heavy (non-hydrogen) atoms. The van der Waals surface area contributed by atoms with Crippen molar-refractivity contribution in [1.82, 2.24) is 25.4 Å². The molecule has 0 aliphatic heterocycles. The lowest BCUT2D eigenvalue weighted by molar-refractivity contribution is 0.597. The number of aromatic nitrogens is 3. The fraction of sp³-hybridized carbons (Fsp3) is 0.400. The van der Waals surface area contributed by atoms with Crippen molar-refractivity contribution in [3.8, 4) is 0 Å². The Kier molecular flexibility index (Phi) is 8.93. The molecule has 126 valence electrons. The number of aliphatic imine (C=N–C) groups is 1. The topological polar surface area (TPSA) is 67.1 Å². The van der Waals surface area contributed by atoms with Crippen molar-refractivity contribution in [3.63, 3.8) is 0 Å². The largest absolute Gasteiger partial charge is 0.356 e. The molecule has 2 aromatic heterocycles. The Balaban J connectivity index is 0.00000264. The number of nitrogens with zero attached hydrogens (tertiary/aromatic N) is 4. The average Bonchev–Trinajstić information content (AvgIpc) is 2.93. The number of rotatable bonds is 6. The third kappa shape index (κ3) is 7.17. The van der Waals surface area contributed by atoms with E-state index in [2.05, 4.69) is 25.7 Å². The fourth-order valence-electron chi connectivity index (χ4n) is 1.98. The molecule has 0 saturated carbocycles. The van der Waals surface area contributed by atoms with Gasteiger partial charge < -0.3 is 10.6 Å². The summed E-state index contributed by atoms with van der Waals surface area (Å²) in [5, 5.41) is 11.3. The van der Waals surface area contributed by atoms with Gasteiger partial charge in [0.15, 0.2) is 5.96 Å². The van der Waals surface area contributed by atoms with Gasteiger partial charge in [0.2, 0.25) is 0 Å². The van der Waals surface area contributed by atoms with E-state index in [1.807, 2.05) is 30.1 Å². The quantitative estimate of drug-likeness (QED) is 0.308. The van der Waals surface area contributed by atoms with Crippen molar-refractivity contribution < 1.29 is 0 Å². The second kappa shape index (κ2) is 10.4. The highest BCUT2D eigenvalue weighted by Gasteiger charge is 1.99. The Labute approximate surface area is 158 Å². The number of hydrogen-bond donors (Lipinski definition) is 2. The maximum Gasteiger partial charge on any atom is 0.191 e. The van der Waals surface area contributed by atoms with Crippen LogP contribution in [-0.4, -0.2) is 40.9 Å². The lowest BCUT2D eigenvalue weighted by Gasteiger charge is -2.11. The molecule has 0 atom stereocenters. The lowest BCUT2D eigenvalue weighted by Crippen LogP contribution is -2.39. The Hall–Kier alpha value is -1.35. The highest BCUT2D eigenvalue weighted by Crippen LogP contribution is 2.05. The van der Waals surface area contributed by atoms with E-state index in [0.29, 0.717) is 5.15 Å². The van der Waals surface area contributed by atoms with Crippen LogP contribution in [0.4, 0.5) is 0 Å². The Morgan fingerprint density at radius 2 is 2.04 bits per heavy atom. The maximum atomic E-state index is 5.76. The summed E-state index contributed by atoms with van der Waals surface area (Å²) in [6, 6.07) is 3.78. The molecule has 0 unspecified atom stereocenters. The maximum absolute atomic E-state index is 5.76.